The van der Waals surface area contributed by atoms with Gasteiger partial charge in [0.2, 0.25) is 0 Å². The number of ether oxygens (including phenoxy) is 2. The first kappa shape index (κ1) is 13.4. The van der Waals surface area contributed by atoms with Gasteiger partial charge in [0, 0.05) is 29.6 Å². The van der Waals surface area contributed by atoms with Crippen LogP contribution in [0.3, 0.4) is 0 Å². The first-order valence-electron chi connectivity index (χ1n) is 6.42. The summed E-state index contributed by atoms with van der Waals surface area (Å²) in [7, 11) is 0. The van der Waals surface area contributed by atoms with Crippen LogP contribution in [0.25, 0.3) is 11.1 Å². The maximum absolute atomic E-state index is 13.2. The average molecular weight is 290 g/mol. The van der Waals surface area contributed by atoms with E-state index >= 15 is 0 Å². The van der Waals surface area contributed by atoms with Crippen LogP contribution in [0, 0.1) is 11.3 Å². The largest absolute Gasteiger partial charge is 0.586 e. The first-order chi connectivity index (χ1) is 9.91. The number of nitrogens with zero attached hydrogens (tertiary/aromatic N) is 2. The van der Waals surface area contributed by atoms with Crippen LogP contribution < -0.4 is 9.47 Å². The Bertz CT molecular complexity index is 745. The molecule has 6 heteroatoms. The molecule has 0 unspecified atom stereocenters. The molecule has 1 aliphatic heterocycles. The van der Waals surface area contributed by atoms with Gasteiger partial charge in [0.15, 0.2) is 11.5 Å². The van der Waals surface area contributed by atoms with Crippen LogP contribution in [0.15, 0.2) is 30.6 Å². The molecule has 2 aromatic rings. The second-order valence-corrected chi connectivity index (χ2v) is 5.04. The number of alkyl halides is 2. The Morgan fingerprint density at radius 2 is 1.95 bits per heavy atom. The number of hydrogen-bond acceptors (Lipinski definition) is 3. The van der Waals surface area contributed by atoms with Gasteiger partial charge in [-0.2, -0.15) is 5.26 Å². The van der Waals surface area contributed by atoms with Gasteiger partial charge in [-0.15, -0.1) is 8.78 Å². The summed E-state index contributed by atoms with van der Waals surface area (Å²) in [5.74, 6) is -0.0702. The minimum absolute atomic E-state index is 0.0290. The summed E-state index contributed by atoms with van der Waals surface area (Å²) < 4.78 is 37.3. The average Bonchev–Trinajstić information content (AvgIpc) is 2.96. The van der Waals surface area contributed by atoms with E-state index in [9.17, 15) is 14.0 Å². The quantitative estimate of drug-likeness (QED) is 0.842. The summed E-state index contributed by atoms with van der Waals surface area (Å²) in [6, 6.07) is 6.86. The van der Waals surface area contributed by atoms with Crippen LogP contribution in [0.1, 0.15) is 25.5 Å². The van der Waals surface area contributed by atoms with Crippen LogP contribution in [-0.4, -0.2) is 10.9 Å². The number of nitriles is 1. The Labute approximate surface area is 120 Å². The highest BCUT2D eigenvalue weighted by Crippen LogP contribution is 2.47. The van der Waals surface area contributed by atoms with Crippen molar-refractivity contribution in [2.24, 2.45) is 0 Å². The number of halogens is 2. The van der Waals surface area contributed by atoms with E-state index < -0.39 is 6.29 Å². The maximum atomic E-state index is 13.2. The summed E-state index contributed by atoms with van der Waals surface area (Å²) in [4.78, 5) is 0. The molecular formula is C15H12F2N2O2. The van der Waals surface area contributed by atoms with Gasteiger partial charge in [0.1, 0.15) is 6.07 Å². The topological polar surface area (TPSA) is 47.2 Å². The molecule has 0 aliphatic carbocycles. The third-order valence-electron chi connectivity index (χ3n) is 3.28. The number of fused-ring (bicyclic) bond motifs is 1. The Hall–Kier alpha value is -2.55. The van der Waals surface area contributed by atoms with Crippen molar-refractivity contribution in [1.29, 1.82) is 5.26 Å². The molecule has 0 spiro atoms. The highest BCUT2D eigenvalue weighted by molar-refractivity contribution is 5.78. The number of rotatable bonds is 2. The fourth-order valence-electron chi connectivity index (χ4n) is 2.26. The lowest BCUT2D eigenvalue weighted by atomic mass is 10.0. The summed E-state index contributed by atoms with van der Waals surface area (Å²) in [5, 5.41) is 9.24. The van der Waals surface area contributed by atoms with Gasteiger partial charge in [0.25, 0.3) is 0 Å². The Balaban J connectivity index is 2.16. The van der Waals surface area contributed by atoms with Gasteiger partial charge in [-0.25, -0.2) is 0 Å². The van der Waals surface area contributed by atoms with Crippen LogP contribution in [0.5, 0.6) is 11.5 Å². The lowest BCUT2D eigenvalue weighted by molar-refractivity contribution is -0.286. The van der Waals surface area contributed by atoms with Crippen molar-refractivity contribution in [2.45, 2.75) is 26.2 Å². The molecule has 1 aromatic carbocycles. The zero-order valence-corrected chi connectivity index (χ0v) is 11.4. The number of para-hydroxylation sites is 1. The molecule has 0 amide bonds. The maximum Gasteiger partial charge on any atom is 0.586 e. The molecule has 0 radical (unpaired) electrons. The van der Waals surface area contributed by atoms with Gasteiger partial charge >= 0.3 is 6.29 Å². The Morgan fingerprint density at radius 3 is 2.62 bits per heavy atom. The van der Waals surface area contributed by atoms with E-state index in [0.29, 0.717) is 16.7 Å². The van der Waals surface area contributed by atoms with Crippen LogP contribution in [0.4, 0.5) is 8.78 Å². The molecule has 4 nitrogen and oxygen atoms in total. The van der Waals surface area contributed by atoms with E-state index in [-0.39, 0.29) is 17.5 Å². The van der Waals surface area contributed by atoms with Crippen molar-refractivity contribution in [3.05, 3.63) is 36.2 Å². The van der Waals surface area contributed by atoms with Crippen molar-refractivity contribution >= 4 is 0 Å². The predicted octanol–water partition coefficient (Wildman–Crippen LogP) is 3.93. The second kappa shape index (κ2) is 4.48. The molecule has 3 rings (SSSR count). The molecular weight excluding hydrogens is 278 g/mol. The van der Waals surface area contributed by atoms with Gasteiger partial charge in [-0.1, -0.05) is 12.1 Å². The smallest absolute Gasteiger partial charge is 0.395 e. The Kier molecular flexibility index (Phi) is 2.87. The van der Waals surface area contributed by atoms with Crippen molar-refractivity contribution < 1.29 is 18.3 Å². The fraction of sp³-hybridized carbons (Fsp3) is 0.267. The molecule has 0 fully saturated rings. The van der Waals surface area contributed by atoms with E-state index in [1.54, 1.807) is 24.5 Å². The molecule has 0 saturated carbocycles. The van der Waals surface area contributed by atoms with Gasteiger partial charge in [0.05, 0.1) is 5.56 Å². The summed E-state index contributed by atoms with van der Waals surface area (Å²) >= 11 is 0. The monoisotopic (exact) mass is 290 g/mol. The zero-order valence-electron chi connectivity index (χ0n) is 11.4. The van der Waals surface area contributed by atoms with Crippen molar-refractivity contribution in [2.75, 3.05) is 0 Å². The molecule has 0 N–H and O–H groups in total. The first-order valence-corrected chi connectivity index (χ1v) is 6.42. The highest BCUT2D eigenvalue weighted by Gasteiger charge is 2.44. The minimum atomic E-state index is -3.67. The molecule has 0 atom stereocenters. The fourth-order valence-corrected chi connectivity index (χ4v) is 2.26. The molecule has 2 heterocycles. The zero-order chi connectivity index (χ0) is 15.2. The summed E-state index contributed by atoms with van der Waals surface area (Å²) in [6.45, 7) is 3.93. The number of benzene rings is 1. The van der Waals surface area contributed by atoms with E-state index in [0.717, 1.165) is 0 Å². The molecule has 21 heavy (non-hydrogen) atoms. The van der Waals surface area contributed by atoms with E-state index in [4.69, 9.17) is 0 Å². The standard InChI is InChI=1S/C15H12F2N2O2/c1-9(2)19-7-10(6-18)12(8-19)11-4-3-5-13-14(11)21-15(16,17)20-13/h3-5,7-9H,1-2H3. The lowest BCUT2D eigenvalue weighted by Gasteiger charge is -2.07. The van der Waals surface area contributed by atoms with Crippen LogP contribution >= 0.6 is 0 Å². The van der Waals surface area contributed by atoms with Crippen molar-refractivity contribution in [3.63, 3.8) is 0 Å². The van der Waals surface area contributed by atoms with Crippen molar-refractivity contribution in [3.8, 4) is 28.7 Å². The normalized spacial score (nSPS) is 15.2. The van der Waals surface area contributed by atoms with Crippen molar-refractivity contribution in [1.82, 2.24) is 4.57 Å². The lowest BCUT2D eigenvalue weighted by Crippen LogP contribution is -2.26. The van der Waals surface area contributed by atoms with Gasteiger partial charge < -0.3 is 14.0 Å². The summed E-state index contributed by atoms with van der Waals surface area (Å²) in [5.41, 5.74) is 1.36. The van der Waals surface area contributed by atoms with Crippen LogP contribution in [0.2, 0.25) is 0 Å². The van der Waals surface area contributed by atoms with E-state index in [2.05, 4.69) is 15.5 Å². The molecule has 108 valence electrons. The molecule has 1 aromatic heterocycles. The number of hydrogen-bond donors (Lipinski definition) is 0. The third-order valence-corrected chi connectivity index (χ3v) is 3.28. The molecule has 1 aliphatic rings. The Morgan fingerprint density at radius 1 is 1.19 bits per heavy atom. The SMILES string of the molecule is CC(C)n1cc(C#N)c(-c2cccc3c2OC(F)(F)O3)c1. The molecule has 0 saturated heterocycles. The van der Waals surface area contributed by atoms with E-state index in [1.165, 1.54) is 6.07 Å². The highest BCUT2D eigenvalue weighted by atomic mass is 19.3. The van der Waals surface area contributed by atoms with Crippen LogP contribution in [-0.2, 0) is 0 Å². The third kappa shape index (κ3) is 2.21. The minimum Gasteiger partial charge on any atom is -0.395 e. The summed E-state index contributed by atoms with van der Waals surface area (Å²) in [6.07, 6.45) is -0.238. The van der Waals surface area contributed by atoms with Gasteiger partial charge in [-0.3, -0.25) is 0 Å². The predicted molar refractivity (Wildman–Crippen MR) is 71.2 cm³/mol. The van der Waals surface area contributed by atoms with Gasteiger partial charge in [-0.05, 0) is 19.9 Å². The second-order valence-electron chi connectivity index (χ2n) is 5.04. The molecule has 0 bridgehead atoms. The van der Waals surface area contributed by atoms with E-state index in [1.807, 2.05) is 18.4 Å². The number of aromatic nitrogens is 1.